The molecule has 0 saturated carbocycles. The zero-order chi connectivity index (χ0) is 14.1. The van der Waals surface area contributed by atoms with E-state index in [1.807, 2.05) is 29.8 Å². The molecule has 4 nitrogen and oxygen atoms in total. The van der Waals surface area contributed by atoms with E-state index < -0.39 is 6.10 Å². The van der Waals surface area contributed by atoms with E-state index in [0.717, 1.165) is 5.52 Å². The molecule has 2 aromatic heterocycles. The van der Waals surface area contributed by atoms with Crippen molar-refractivity contribution in [3.63, 3.8) is 0 Å². The lowest BCUT2D eigenvalue weighted by Crippen LogP contribution is -2.15. The van der Waals surface area contributed by atoms with Crippen molar-refractivity contribution in [1.82, 2.24) is 9.55 Å². The normalized spacial score (nSPS) is 12.5. The van der Waals surface area contributed by atoms with Crippen LogP contribution in [0.3, 0.4) is 0 Å². The maximum atomic E-state index is 12.1. The molecule has 1 N–H and O–H groups in total. The van der Waals surface area contributed by atoms with Crippen LogP contribution >= 0.6 is 0 Å². The first-order valence-electron chi connectivity index (χ1n) is 6.35. The molecule has 3 aromatic rings. The first kappa shape index (κ1) is 12.6. The van der Waals surface area contributed by atoms with Crippen LogP contribution in [0.25, 0.3) is 10.9 Å². The van der Waals surface area contributed by atoms with Gasteiger partial charge in [0.2, 0.25) is 0 Å². The molecular formula is C16H14N2O2. The molecule has 0 aliphatic carbocycles. The van der Waals surface area contributed by atoms with Crippen molar-refractivity contribution in [3.8, 4) is 0 Å². The fourth-order valence-corrected chi connectivity index (χ4v) is 2.39. The predicted molar refractivity (Wildman–Crippen MR) is 77.5 cm³/mol. The molecule has 0 radical (unpaired) electrons. The van der Waals surface area contributed by atoms with Crippen LogP contribution in [0.5, 0.6) is 0 Å². The number of pyridine rings is 2. The van der Waals surface area contributed by atoms with E-state index >= 15 is 0 Å². The van der Waals surface area contributed by atoms with Gasteiger partial charge in [-0.25, -0.2) is 0 Å². The number of aryl methyl sites for hydroxylation is 1. The van der Waals surface area contributed by atoms with E-state index in [1.165, 1.54) is 6.07 Å². The molecule has 2 heterocycles. The van der Waals surface area contributed by atoms with Gasteiger partial charge in [-0.15, -0.1) is 0 Å². The van der Waals surface area contributed by atoms with Gasteiger partial charge in [-0.2, -0.15) is 0 Å². The third-order valence-electron chi connectivity index (χ3n) is 3.48. The number of hydrogen-bond donors (Lipinski definition) is 1. The third kappa shape index (κ3) is 2.00. The Morgan fingerprint density at radius 3 is 2.75 bits per heavy atom. The molecule has 100 valence electrons. The molecule has 0 fully saturated rings. The molecule has 1 atom stereocenters. The van der Waals surface area contributed by atoms with Gasteiger partial charge >= 0.3 is 0 Å². The van der Waals surface area contributed by atoms with E-state index in [-0.39, 0.29) is 5.43 Å². The van der Waals surface area contributed by atoms with Crippen LogP contribution in [0.15, 0.2) is 59.7 Å². The fourth-order valence-electron chi connectivity index (χ4n) is 2.39. The first-order valence-corrected chi connectivity index (χ1v) is 6.35. The molecule has 3 rings (SSSR count). The molecule has 0 saturated heterocycles. The molecule has 0 amide bonds. The monoisotopic (exact) mass is 266 g/mol. The number of nitrogens with zero attached hydrogens (tertiary/aromatic N) is 2. The highest BCUT2D eigenvalue weighted by atomic mass is 16.3. The first-order chi connectivity index (χ1) is 9.68. The largest absolute Gasteiger partial charge is 0.382 e. The Kier molecular flexibility index (Phi) is 3.08. The Morgan fingerprint density at radius 2 is 2.00 bits per heavy atom. The number of rotatable bonds is 2. The van der Waals surface area contributed by atoms with Crippen molar-refractivity contribution in [2.24, 2.45) is 7.05 Å². The Morgan fingerprint density at radius 1 is 1.20 bits per heavy atom. The van der Waals surface area contributed by atoms with Crippen LogP contribution in [0, 0.1) is 0 Å². The summed E-state index contributed by atoms with van der Waals surface area (Å²) in [6.07, 6.45) is 2.38. The topological polar surface area (TPSA) is 55.1 Å². The smallest absolute Gasteiger partial charge is 0.189 e. The van der Waals surface area contributed by atoms with Gasteiger partial charge in [-0.3, -0.25) is 9.78 Å². The Labute approximate surface area is 116 Å². The number of aliphatic hydroxyl groups is 1. The molecule has 20 heavy (non-hydrogen) atoms. The molecule has 4 heteroatoms. The Hall–Kier alpha value is -2.46. The van der Waals surface area contributed by atoms with Gasteiger partial charge in [0.05, 0.1) is 11.2 Å². The fraction of sp³-hybridized carbons (Fsp3) is 0.125. The maximum absolute atomic E-state index is 12.1. The second-order valence-corrected chi connectivity index (χ2v) is 4.70. The lowest BCUT2D eigenvalue weighted by molar-refractivity contribution is 0.211. The lowest BCUT2D eigenvalue weighted by Gasteiger charge is -2.17. The number of benzene rings is 1. The van der Waals surface area contributed by atoms with Crippen molar-refractivity contribution < 1.29 is 5.11 Å². The minimum absolute atomic E-state index is 0.0864. The van der Waals surface area contributed by atoms with Crippen LogP contribution in [-0.4, -0.2) is 14.7 Å². The lowest BCUT2D eigenvalue weighted by atomic mass is 10.1. The molecule has 1 aromatic carbocycles. The predicted octanol–water partition coefficient (Wildman–Crippen LogP) is 2.02. The van der Waals surface area contributed by atoms with Crippen molar-refractivity contribution in [3.05, 3.63) is 76.3 Å². The SMILES string of the molecule is Cn1c(C(O)c2cccnc2)cc(=O)c2ccccc21. The number of para-hydroxylation sites is 1. The second-order valence-electron chi connectivity index (χ2n) is 4.70. The number of aromatic nitrogens is 2. The maximum Gasteiger partial charge on any atom is 0.189 e. The molecule has 1 unspecified atom stereocenters. The Bertz CT molecular complexity index is 810. The van der Waals surface area contributed by atoms with Gasteiger partial charge in [-0.05, 0) is 18.2 Å². The van der Waals surface area contributed by atoms with Crippen LogP contribution in [0.2, 0.25) is 0 Å². The molecule has 0 aliphatic heterocycles. The number of hydrogen-bond acceptors (Lipinski definition) is 3. The summed E-state index contributed by atoms with van der Waals surface area (Å²) in [5.41, 5.74) is 1.94. The molecule has 0 aliphatic rings. The summed E-state index contributed by atoms with van der Waals surface area (Å²) < 4.78 is 1.84. The van der Waals surface area contributed by atoms with E-state index in [4.69, 9.17) is 0 Å². The molecule has 0 bridgehead atoms. The van der Waals surface area contributed by atoms with Crippen molar-refractivity contribution >= 4 is 10.9 Å². The van der Waals surface area contributed by atoms with Crippen LogP contribution in [-0.2, 0) is 7.05 Å². The van der Waals surface area contributed by atoms with Gasteiger partial charge in [-0.1, -0.05) is 18.2 Å². The average Bonchev–Trinajstić information content (AvgIpc) is 2.51. The van der Waals surface area contributed by atoms with Gasteiger partial charge < -0.3 is 9.67 Å². The van der Waals surface area contributed by atoms with Gasteiger partial charge in [0.1, 0.15) is 6.10 Å². The van der Waals surface area contributed by atoms with Gasteiger partial charge in [0.15, 0.2) is 5.43 Å². The highest BCUT2D eigenvalue weighted by Gasteiger charge is 2.15. The highest BCUT2D eigenvalue weighted by Crippen LogP contribution is 2.22. The number of fused-ring (bicyclic) bond motifs is 1. The summed E-state index contributed by atoms with van der Waals surface area (Å²) in [4.78, 5) is 16.1. The summed E-state index contributed by atoms with van der Waals surface area (Å²) >= 11 is 0. The number of aliphatic hydroxyl groups excluding tert-OH is 1. The van der Waals surface area contributed by atoms with Crippen molar-refractivity contribution in [2.45, 2.75) is 6.10 Å². The zero-order valence-corrected chi connectivity index (χ0v) is 11.0. The summed E-state index contributed by atoms with van der Waals surface area (Å²) in [5.74, 6) is 0. The minimum Gasteiger partial charge on any atom is -0.382 e. The van der Waals surface area contributed by atoms with Crippen molar-refractivity contribution in [2.75, 3.05) is 0 Å². The minimum atomic E-state index is -0.869. The van der Waals surface area contributed by atoms with Gasteiger partial charge in [0.25, 0.3) is 0 Å². The quantitative estimate of drug-likeness (QED) is 0.772. The third-order valence-corrected chi connectivity index (χ3v) is 3.48. The highest BCUT2D eigenvalue weighted by molar-refractivity contribution is 5.79. The van der Waals surface area contributed by atoms with E-state index in [2.05, 4.69) is 4.98 Å². The summed E-state index contributed by atoms with van der Waals surface area (Å²) in [7, 11) is 1.84. The van der Waals surface area contributed by atoms with Crippen molar-refractivity contribution in [1.29, 1.82) is 0 Å². The zero-order valence-electron chi connectivity index (χ0n) is 11.0. The standard InChI is InChI=1S/C16H14N2O2/c1-18-13-7-3-2-6-12(13)15(19)9-14(18)16(20)11-5-4-8-17-10-11/h2-10,16,20H,1H3. The van der Waals surface area contributed by atoms with Gasteiger partial charge in [0, 0.05) is 36.5 Å². The Balaban J connectivity index is 2.23. The summed E-state index contributed by atoms with van der Waals surface area (Å²) in [6.45, 7) is 0. The second kappa shape index (κ2) is 4.90. The summed E-state index contributed by atoms with van der Waals surface area (Å²) in [6, 6.07) is 12.4. The summed E-state index contributed by atoms with van der Waals surface area (Å²) in [5, 5.41) is 11.1. The molecular weight excluding hydrogens is 252 g/mol. The van der Waals surface area contributed by atoms with Crippen LogP contribution in [0.1, 0.15) is 17.4 Å². The van der Waals surface area contributed by atoms with E-state index in [0.29, 0.717) is 16.6 Å². The van der Waals surface area contributed by atoms with E-state index in [9.17, 15) is 9.90 Å². The molecule has 0 spiro atoms. The van der Waals surface area contributed by atoms with E-state index in [1.54, 1.807) is 30.6 Å². The van der Waals surface area contributed by atoms with Crippen LogP contribution in [0.4, 0.5) is 0 Å². The van der Waals surface area contributed by atoms with Crippen LogP contribution < -0.4 is 5.43 Å². The average molecular weight is 266 g/mol.